The Labute approximate surface area is 125 Å². The molecule has 2 aromatic rings. The molecule has 110 valence electrons. The average molecular weight is 306 g/mol. The predicted molar refractivity (Wildman–Crippen MR) is 80.3 cm³/mol. The molecule has 0 saturated heterocycles. The number of nitrogens with one attached hydrogen (secondary N) is 1. The number of nitrogens with zero attached hydrogens (tertiary/aromatic N) is 2. The molecule has 1 aromatic carbocycles. The predicted octanol–water partition coefficient (Wildman–Crippen LogP) is 2.18. The molecule has 1 aromatic heterocycles. The maximum Gasteiger partial charge on any atom is 0.270 e. The van der Waals surface area contributed by atoms with Gasteiger partial charge in [0.2, 0.25) is 0 Å². The van der Waals surface area contributed by atoms with Crippen LogP contribution in [-0.2, 0) is 6.54 Å². The molecule has 7 nitrogen and oxygen atoms in total. The van der Waals surface area contributed by atoms with Gasteiger partial charge in [-0.1, -0.05) is 0 Å². The molecule has 0 fully saturated rings. The summed E-state index contributed by atoms with van der Waals surface area (Å²) in [4.78, 5) is 27.5. The number of rotatable bonds is 4. The molecule has 0 radical (unpaired) electrons. The van der Waals surface area contributed by atoms with Crippen molar-refractivity contribution in [3.05, 3.63) is 49.5 Å². The molecule has 0 spiro atoms. The van der Waals surface area contributed by atoms with E-state index in [4.69, 9.17) is 5.73 Å². The van der Waals surface area contributed by atoms with Gasteiger partial charge in [0.15, 0.2) is 0 Å². The minimum Gasteiger partial charge on any atom is -0.398 e. The van der Waals surface area contributed by atoms with Crippen LogP contribution in [0.3, 0.4) is 0 Å². The smallest absolute Gasteiger partial charge is 0.270 e. The molecule has 2 rings (SSSR count). The molecular formula is C13H14N4O3S. The molecule has 0 aliphatic carbocycles. The van der Waals surface area contributed by atoms with Crippen LogP contribution in [0.5, 0.6) is 0 Å². The number of carbonyl (C=O) groups excluding carboxylic acids is 1. The van der Waals surface area contributed by atoms with Crippen LogP contribution in [0.1, 0.15) is 25.9 Å². The van der Waals surface area contributed by atoms with Crippen LogP contribution < -0.4 is 11.1 Å². The highest BCUT2D eigenvalue weighted by molar-refractivity contribution is 7.11. The molecule has 0 aliphatic heterocycles. The number of benzene rings is 1. The normalized spacial score (nSPS) is 10.4. The van der Waals surface area contributed by atoms with Gasteiger partial charge < -0.3 is 11.1 Å². The number of aryl methyl sites for hydroxylation is 2. The summed E-state index contributed by atoms with van der Waals surface area (Å²) in [5.74, 6) is -0.443. The highest BCUT2D eigenvalue weighted by Gasteiger charge is 2.15. The lowest BCUT2D eigenvalue weighted by Crippen LogP contribution is -2.23. The van der Waals surface area contributed by atoms with Crippen molar-refractivity contribution < 1.29 is 9.72 Å². The third-order valence-corrected chi connectivity index (χ3v) is 3.97. The van der Waals surface area contributed by atoms with Crippen molar-refractivity contribution in [1.29, 1.82) is 0 Å². The van der Waals surface area contributed by atoms with E-state index < -0.39 is 10.8 Å². The van der Waals surface area contributed by atoms with Gasteiger partial charge in [0, 0.05) is 22.7 Å². The summed E-state index contributed by atoms with van der Waals surface area (Å²) in [6.07, 6.45) is 0. The van der Waals surface area contributed by atoms with Gasteiger partial charge >= 0.3 is 0 Å². The van der Waals surface area contributed by atoms with E-state index in [1.807, 2.05) is 13.8 Å². The van der Waals surface area contributed by atoms with Gasteiger partial charge in [0.1, 0.15) is 0 Å². The number of carbonyl (C=O) groups is 1. The summed E-state index contributed by atoms with van der Waals surface area (Å²) in [5.41, 5.74) is 6.70. The standard InChI is InChI=1S/C13H14N4O3S/c1-7-12(21-8(2)16-7)6-15-13(18)10-5-9(17(19)20)3-4-11(10)14/h3-5H,6,14H2,1-2H3,(H,15,18). The first kappa shape index (κ1) is 14.9. The van der Waals surface area contributed by atoms with Crippen molar-refractivity contribution in [2.24, 2.45) is 0 Å². The fourth-order valence-corrected chi connectivity index (χ4v) is 2.72. The van der Waals surface area contributed by atoms with Crippen LogP contribution in [0.2, 0.25) is 0 Å². The van der Waals surface area contributed by atoms with Crippen LogP contribution in [0.4, 0.5) is 11.4 Å². The van der Waals surface area contributed by atoms with Crippen LogP contribution >= 0.6 is 11.3 Å². The van der Waals surface area contributed by atoms with Gasteiger partial charge in [-0.25, -0.2) is 4.98 Å². The Morgan fingerprint density at radius 3 is 2.76 bits per heavy atom. The summed E-state index contributed by atoms with van der Waals surface area (Å²) in [6.45, 7) is 4.08. The SMILES string of the molecule is Cc1nc(C)c(CNC(=O)c2cc([N+](=O)[O-])ccc2N)s1. The van der Waals surface area contributed by atoms with Crippen molar-refractivity contribution in [1.82, 2.24) is 10.3 Å². The molecule has 1 heterocycles. The van der Waals surface area contributed by atoms with E-state index in [1.165, 1.54) is 29.5 Å². The van der Waals surface area contributed by atoms with Crippen LogP contribution in [0, 0.1) is 24.0 Å². The van der Waals surface area contributed by atoms with E-state index >= 15 is 0 Å². The number of anilines is 1. The first-order valence-electron chi connectivity index (χ1n) is 6.13. The molecule has 0 aliphatic rings. The molecule has 0 atom stereocenters. The Morgan fingerprint density at radius 2 is 2.19 bits per heavy atom. The van der Waals surface area contributed by atoms with Crippen LogP contribution in [0.25, 0.3) is 0 Å². The van der Waals surface area contributed by atoms with Crippen molar-refractivity contribution in [2.45, 2.75) is 20.4 Å². The van der Waals surface area contributed by atoms with Gasteiger partial charge in [-0.2, -0.15) is 0 Å². The summed E-state index contributed by atoms with van der Waals surface area (Å²) in [6, 6.07) is 3.80. The second-order valence-corrected chi connectivity index (χ2v) is 5.74. The lowest BCUT2D eigenvalue weighted by Gasteiger charge is -2.06. The maximum absolute atomic E-state index is 12.1. The highest BCUT2D eigenvalue weighted by atomic mass is 32.1. The maximum atomic E-state index is 12.1. The lowest BCUT2D eigenvalue weighted by atomic mass is 10.1. The van der Waals surface area contributed by atoms with Crippen LogP contribution in [-0.4, -0.2) is 15.8 Å². The first-order chi connectivity index (χ1) is 9.88. The van der Waals surface area contributed by atoms with Gasteiger partial charge in [-0.3, -0.25) is 14.9 Å². The molecule has 1 amide bonds. The Morgan fingerprint density at radius 1 is 1.48 bits per heavy atom. The Bertz CT molecular complexity index is 711. The number of thiazole rings is 1. The highest BCUT2D eigenvalue weighted by Crippen LogP contribution is 2.20. The minimum atomic E-state index is -0.563. The third kappa shape index (κ3) is 3.34. The van der Waals surface area contributed by atoms with Crippen molar-refractivity contribution in [2.75, 3.05) is 5.73 Å². The zero-order chi connectivity index (χ0) is 15.6. The largest absolute Gasteiger partial charge is 0.398 e. The Balaban J connectivity index is 2.15. The zero-order valence-electron chi connectivity index (χ0n) is 11.5. The number of hydrogen-bond donors (Lipinski definition) is 2. The monoisotopic (exact) mass is 306 g/mol. The second-order valence-electron chi connectivity index (χ2n) is 4.45. The van der Waals surface area contributed by atoms with Gasteiger partial charge in [0.05, 0.1) is 27.7 Å². The Hall–Kier alpha value is -2.48. The van der Waals surface area contributed by atoms with E-state index in [0.717, 1.165) is 15.6 Å². The summed E-state index contributed by atoms with van der Waals surface area (Å²) in [7, 11) is 0. The lowest BCUT2D eigenvalue weighted by molar-refractivity contribution is -0.384. The van der Waals surface area contributed by atoms with Crippen molar-refractivity contribution in [3.8, 4) is 0 Å². The molecule has 0 bridgehead atoms. The molecule has 8 heteroatoms. The molecule has 21 heavy (non-hydrogen) atoms. The molecule has 0 unspecified atom stereocenters. The van der Waals surface area contributed by atoms with Crippen LogP contribution in [0.15, 0.2) is 18.2 Å². The van der Waals surface area contributed by atoms with Gasteiger partial charge in [0.25, 0.3) is 11.6 Å². The fourth-order valence-electron chi connectivity index (χ4n) is 1.85. The minimum absolute atomic E-state index is 0.100. The number of nitro benzene ring substituents is 1. The molecule has 0 saturated carbocycles. The number of nitro groups is 1. The van der Waals surface area contributed by atoms with Gasteiger partial charge in [-0.05, 0) is 19.9 Å². The van der Waals surface area contributed by atoms with Gasteiger partial charge in [-0.15, -0.1) is 11.3 Å². The summed E-state index contributed by atoms with van der Waals surface area (Å²) >= 11 is 1.50. The second kappa shape index (κ2) is 5.88. The van der Waals surface area contributed by atoms with E-state index in [9.17, 15) is 14.9 Å². The number of aromatic nitrogens is 1. The molecular weight excluding hydrogens is 292 g/mol. The zero-order valence-corrected chi connectivity index (χ0v) is 12.4. The number of nitrogen functional groups attached to an aromatic ring is 1. The third-order valence-electron chi connectivity index (χ3n) is 2.90. The first-order valence-corrected chi connectivity index (χ1v) is 6.95. The Kier molecular flexibility index (Phi) is 4.18. The molecule has 3 N–H and O–H groups in total. The average Bonchev–Trinajstić information content (AvgIpc) is 2.74. The van der Waals surface area contributed by atoms with E-state index in [1.54, 1.807) is 0 Å². The number of nitrogens with two attached hydrogens (primary N) is 1. The summed E-state index contributed by atoms with van der Waals surface area (Å²) in [5, 5.41) is 14.4. The van der Waals surface area contributed by atoms with E-state index in [0.29, 0.717) is 6.54 Å². The number of amides is 1. The topological polar surface area (TPSA) is 111 Å². The van der Waals surface area contributed by atoms with E-state index in [-0.39, 0.29) is 16.9 Å². The number of non-ortho nitro benzene ring substituents is 1. The van der Waals surface area contributed by atoms with Crippen molar-refractivity contribution >= 4 is 28.6 Å². The fraction of sp³-hybridized carbons (Fsp3) is 0.231. The van der Waals surface area contributed by atoms with E-state index in [2.05, 4.69) is 10.3 Å². The van der Waals surface area contributed by atoms with Crippen molar-refractivity contribution in [3.63, 3.8) is 0 Å². The quantitative estimate of drug-likeness (QED) is 0.511. The number of hydrogen-bond acceptors (Lipinski definition) is 6. The summed E-state index contributed by atoms with van der Waals surface area (Å²) < 4.78 is 0.